The van der Waals surface area contributed by atoms with Crippen LogP contribution in [0.1, 0.15) is 30.9 Å². The zero-order valence-corrected chi connectivity index (χ0v) is 10.9. The van der Waals surface area contributed by atoms with Crippen LogP contribution in [0, 0.1) is 11.8 Å². The first-order valence-corrected chi connectivity index (χ1v) is 6.50. The molecule has 0 aromatic carbocycles. The molecule has 3 heteroatoms. The third kappa shape index (κ3) is 3.56. The van der Waals surface area contributed by atoms with E-state index in [1.807, 2.05) is 18.5 Å². The van der Waals surface area contributed by atoms with E-state index in [1.54, 1.807) is 7.11 Å². The zero-order chi connectivity index (χ0) is 12.6. The number of methoxy groups -OCH3 is 1. The zero-order valence-electron chi connectivity index (χ0n) is 10.9. The summed E-state index contributed by atoms with van der Waals surface area (Å²) in [5, 5.41) is 0. The molecule has 3 nitrogen and oxygen atoms in total. The van der Waals surface area contributed by atoms with Crippen LogP contribution in [0.15, 0.2) is 24.5 Å². The van der Waals surface area contributed by atoms with Crippen molar-refractivity contribution in [1.29, 1.82) is 0 Å². The molecule has 0 saturated carbocycles. The third-order valence-electron chi connectivity index (χ3n) is 3.31. The molecule has 1 atom stereocenters. The van der Waals surface area contributed by atoms with Crippen LogP contribution in [0.2, 0.25) is 0 Å². The second-order valence-electron chi connectivity index (χ2n) is 4.55. The second-order valence-corrected chi connectivity index (χ2v) is 4.55. The van der Waals surface area contributed by atoms with Gasteiger partial charge in [-0.25, -0.2) is 0 Å². The van der Waals surface area contributed by atoms with Crippen molar-refractivity contribution in [2.24, 2.45) is 0 Å². The Balaban J connectivity index is 2.01. The molecule has 0 aliphatic carbocycles. The standard InChI is InChI=1S/C15H20N2O/c1-18-12-5-4-11-17-10-3-2-8-15(17)14-7-6-9-16-13-14/h6-7,9,13,15H,2-3,8,10-12H2,1H3/t15-/m1/s1. The van der Waals surface area contributed by atoms with Crippen LogP contribution in [-0.4, -0.2) is 36.7 Å². The smallest absolute Gasteiger partial charge is 0.107 e. The SMILES string of the molecule is COCC#CCN1CCCC[C@@H]1c1cccnc1. The van der Waals surface area contributed by atoms with Crippen molar-refractivity contribution in [1.82, 2.24) is 9.88 Å². The summed E-state index contributed by atoms with van der Waals surface area (Å²) < 4.78 is 4.94. The molecule has 1 fully saturated rings. The molecule has 0 spiro atoms. The number of piperidine rings is 1. The summed E-state index contributed by atoms with van der Waals surface area (Å²) in [6, 6.07) is 4.65. The molecule has 1 aromatic heterocycles. The maximum atomic E-state index is 4.94. The lowest BCUT2D eigenvalue weighted by molar-refractivity contribution is 0.168. The third-order valence-corrected chi connectivity index (χ3v) is 3.31. The Morgan fingerprint density at radius 3 is 3.17 bits per heavy atom. The quantitative estimate of drug-likeness (QED) is 0.763. The van der Waals surface area contributed by atoms with Crippen LogP contribution >= 0.6 is 0 Å². The predicted molar refractivity (Wildman–Crippen MR) is 72.1 cm³/mol. The van der Waals surface area contributed by atoms with Gasteiger partial charge in [-0.1, -0.05) is 24.3 Å². The lowest BCUT2D eigenvalue weighted by atomic mass is 9.96. The Labute approximate surface area is 109 Å². The van der Waals surface area contributed by atoms with Gasteiger partial charge in [0.25, 0.3) is 0 Å². The molecule has 2 rings (SSSR count). The molecule has 0 unspecified atom stereocenters. The molecule has 1 aliphatic heterocycles. The van der Waals surface area contributed by atoms with E-state index in [0.29, 0.717) is 12.6 Å². The fraction of sp³-hybridized carbons (Fsp3) is 0.533. The number of nitrogens with zero attached hydrogens (tertiary/aromatic N) is 2. The van der Waals surface area contributed by atoms with Gasteiger partial charge in [-0.15, -0.1) is 0 Å². The monoisotopic (exact) mass is 244 g/mol. The molecular weight excluding hydrogens is 224 g/mol. The summed E-state index contributed by atoms with van der Waals surface area (Å²) in [4.78, 5) is 6.67. The fourth-order valence-electron chi connectivity index (χ4n) is 2.41. The summed E-state index contributed by atoms with van der Waals surface area (Å²) in [5.41, 5.74) is 1.31. The highest BCUT2D eigenvalue weighted by Gasteiger charge is 2.22. The van der Waals surface area contributed by atoms with Crippen LogP contribution in [0.25, 0.3) is 0 Å². The highest BCUT2D eigenvalue weighted by Crippen LogP contribution is 2.29. The first kappa shape index (κ1) is 13.1. The lowest BCUT2D eigenvalue weighted by Crippen LogP contribution is -2.33. The average Bonchev–Trinajstić information content (AvgIpc) is 2.45. The van der Waals surface area contributed by atoms with E-state index in [-0.39, 0.29) is 0 Å². The Morgan fingerprint density at radius 1 is 1.44 bits per heavy atom. The van der Waals surface area contributed by atoms with Gasteiger partial charge in [0.05, 0.1) is 6.54 Å². The first-order valence-electron chi connectivity index (χ1n) is 6.50. The van der Waals surface area contributed by atoms with Crippen LogP contribution in [0.3, 0.4) is 0 Å². The van der Waals surface area contributed by atoms with E-state index >= 15 is 0 Å². The van der Waals surface area contributed by atoms with Gasteiger partial charge in [-0.05, 0) is 31.0 Å². The number of rotatable bonds is 3. The molecule has 96 valence electrons. The molecule has 0 amide bonds. The van der Waals surface area contributed by atoms with Crippen molar-refractivity contribution in [2.75, 3.05) is 26.8 Å². The van der Waals surface area contributed by atoms with Crippen molar-refractivity contribution in [3.05, 3.63) is 30.1 Å². The van der Waals surface area contributed by atoms with Crippen molar-refractivity contribution in [2.45, 2.75) is 25.3 Å². The minimum absolute atomic E-state index is 0.476. The average molecular weight is 244 g/mol. The number of hydrogen-bond acceptors (Lipinski definition) is 3. The summed E-state index contributed by atoms with van der Waals surface area (Å²) in [6.45, 7) is 2.47. The highest BCUT2D eigenvalue weighted by atomic mass is 16.5. The van der Waals surface area contributed by atoms with Gasteiger partial charge >= 0.3 is 0 Å². The fourth-order valence-corrected chi connectivity index (χ4v) is 2.41. The first-order chi connectivity index (χ1) is 8.92. The molecule has 0 radical (unpaired) electrons. The topological polar surface area (TPSA) is 25.4 Å². The molecule has 0 N–H and O–H groups in total. The van der Waals surface area contributed by atoms with E-state index in [2.05, 4.69) is 27.8 Å². The normalized spacial score (nSPS) is 20.2. The maximum Gasteiger partial charge on any atom is 0.107 e. The van der Waals surface area contributed by atoms with Crippen LogP contribution < -0.4 is 0 Å². The number of aromatic nitrogens is 1. The summed E-state index contributed by atoms with van der Waals surface area (Å²) in [7, 11) is 1.67. The largest absolute Gasteiger partial charge is 0.372 e. The van der Waals surface area contributed by atoms with Crippen molar-refractivity contribution < 1.29 is 4.74 Å². The number of ether oxygens (including phenoxy) is 1. The van der Waals surface area contributed by atoms with E-state index < -0.39 is 0 Å². The van der Waals surface area contributed by atoms with Crippen molar-refractivity contribution in [3.63, 3.8) is 0 Å². The maximum absolute atomic E-state index is 4.94. The molecule has 2 heterocycles. The van der Waals surface area contributed by atoms with Gasteiger partial charge < -0.3 is 4.74 Å². The van der Waals surface area contributed by atoms with E-state index in [0.717, 1.165) is 13.1 Å². The highest BCUT2D eigenvalue weighted by molar-refractivity contribution is 5.16. The van der Waals surface area contributed by atoms with Gasteiger partial charge in [0, 0.05) is 25.5 Å². The van der Waals surface area contributed by atoms with E-state index in [9.17, 15) is 0 Å². The number of hydrogen-bond donors (Lipinski definition) is 0. The number of likely N-dealkylation sites (tertiary alicyclic amines) is 1. The molecule has 1 aromatic rings. The summed E-state index contributed by atoms with van der Waals surface area (Å²) in [6.07, 6.45) is 7.57. The Bertz CT molecular complexity index is 407. The van der Waals surface area contributed by atoms with Gasteiger partial charge in [0.2, 0.25) is 0 Å². The van der Waals surface area contributed by atoms with Crippen LogP contribution in [-0.2, 0) is 4.74 Å². The Morgan fingerprint density at radius 2 is 2.39 bits per heavy atom. The molecule has 1 aliphatic rings. The van der Waals surface area contributed by atoms with E-state index in [4.69, 9.17) is 4.74 Å². The number of pyridine rings is 1. The minimum Gasteiger partial charge on any atom is -0.372 e. The van der Waals surface area contributed by atoms with Gasteiger partial charge in [-0.2, -0.15) is 0 Å². The van der Waals surface area contributed by atoms with Crippen molar-refractivity contribution in [3.8, 4) is 11.8 Å². The molecule has 0 bridgehead atoms. The van der Waals surface area contributed by atoms with Gasteiger partial charge in [0.1, 0.15) is 6.61 Å². The van der Waals surface area contributed by atoms with Gasteiger partial charge in [-0.3, -0.25) is 9.88 Å². The second kappa shape index (κ2) is 7.15. The lowest BCUT2D eigenvalue weighted by Gasteiger charge is -2.34. The summed E-state index contributed by atoms with van der Waals surface area (Å²) >= 11 is 0. The molecule has 18 heavy (non-hydrogen) atoms. The van der Waals surface area contributed by atoms with Crippen LogP contribution in [0.5, 0.6) is 0 Å². The molecule has 1 saturated heterocycles. The minimum atomic E-state index is 0.476. The van der Waals surface area contributed by atoms with Crippen molar-refractivity contribution >= 4 is 0 Å². The molecular formula is C15H20N2O. The Hall–Kier alpha value is -1.37. The predicted octanol–water partition coefficient (Wildman–Crippen LogP) is 2.26. The van der Waals surface area contributed by atoms with Gasteiger partial charge in [0.15, 0.2) is 0 Å². The Kier molecular flexibility index (Phi) is 5.19. The summed E-state index contributed by atoms with van der Waals surface area (Å²) in [5.74, 6) is 6.21. The van der Waals surface area contributed by atoms with Crippen LogP contribution in [0.4, 0.5) is 0 Å². The van der Waals surface area contributed by atoms with E-state index in [1.165, 1.54) is 24.8 Å².